The van der Waals surface area contributed by atoms with Crippen LogP contribution >= 0.6 is 0 Å². The SMILES string of the molecule is c1ccc2c(c1)c1ccccc1n2-c1ccc2c(c1)c1cc(-n3c4ccccc4c4ccccc43)ccc1n2-c1cncc(-n2c3ccc(-n4c5ccccc5c5ccccc54)cc3c3cc(-n4c5ccccc5c5ccccc54)ccc32)c1. The Balaban J connectivity index is 0.856. The first-order valence-corrected chi connectivity index (χ1v) is 28.8. The molecule has 7 heterocycles. The number of fused-ring (bicyclic) bond motifs is 18. The van der Waals surface area contributed by atoms with E-state index in [2.05, 4.69) is 300 Å². The lowest BCUT2D eigenvalue weighted by Crippen LogP contribution is -2.01. The highest BCUT2D eigenvalue weighted by atomic mass is 15.1. The maximum atomic E-state index is 5.17. The van der Waals surface area contributed by atoms with Gasteiger partial charge in [-0.15, -0.1) is 0 Å². The van der Waals surface area contributed by atoms with Crippen LogP contribution in [0.5, 0.6) is 0 Å². The quantitative estimate of drug-likeness (QED) is 0.164. The molecule has 0 N–H and O–H groups in total. The number of para-hydroxylation sites is 8. The van der Waals surface area contributed by atoms with Crippen molar-refractivity contribution in [2.24, 2.45) is 0 Å². The topological polar surface area (TPSA) is 42.5 Å². The molecule has 7 heteroatoms. The molecule has 0 saturated heterocycles. The first-order chi connectivity index (χ1) is 41.7. The minimum absolute atomic E-state index is 0.973. The molecule has 0 aliphatic carbocycles. The zero-order chi connectivity index (χ0) is 54.7. The molecule has 84 heavy (non-hydrogen) atoms. The van der Waals surface area contributed by atoms with Crippen LogP contribution in [0.25, 0.3) is 165 Å². The highest BCUT2D eigenvalue weighted by Crippen LogP contribution is 2.43. The van der Waals surface area contributed by atoms with Gasteiger partial charge in [-0.2, -0.15) is 0 Å². The van der Waals surface area contributed by atoms with Crippen molar-refractivity contribution in [3.63, 3.8) is 0 Å². The molecule has 0 aliphatic rings. The Hall–Kier alpha value is -11.4. The molecule has 0 amide bonds. The summed E-state index contributed by atoms with van der Waals surface area (Å²) >= 11 is 0. The van der Waals surface area contributed by atoms with E-state index in [4.69, 9.17) is 4.98 Å². The summed E-state index contributed by atoms with van der Waals surface area (Å²) in [6.07, 6.45) is 4.05. The molecule has 390 valence electrons. The van der Waals surface area contributed by atoms with Crippen LogP contribution in [0.15, 0.2) is 285 Å². The van der Waals surface area contributed by atoms with Crippen molar-refractivity contribution >= 4 is 131 Å². The van der Waals surface area contributed by atoms with E-state index in [1.807, 2.05) is 12.4 Å². The fourth-order valence-corrected chi connectivity index (χ4v) is 14.6. The van der Waals surface area contributed by atoms with Crippen LogP contribution in [0.3, 0.4) is 0 Å². The standard InChI is InChI=1S/C77H47N7/c1-9-25-66-54(17-1)55-18-2-10-26-67(55)79(66)48-33-37-74-62(42-48)63-43-49(80-68-27-11-3-19-56(68)57-20-4-12-28-69(57)80)34-38-75(63)83(74)52-41-53(47-78-46-52)84-76-39-35-50(81-70-29-13-5-21-58(70)59-22-6-14-30-71(59)81)44-64(76)65-45-51(36-40-77(65)84)82-72-31-15-7-23-60(72)61-24-8-16-32-73(61)82/h1-47H. The molecule has 0 unspecified atom stereocenters. The minimum atomic E-state index is 0.973. The lowest BCUT2D eigenvalue weighted by Gasteiger charge is -2.14. The van der Waals surface area contributed by atoms with Gasteiger partial charge >= 0.3 is 0 Å². The lowest BCUT2D eigenvalue weighted by atomic mass is 10.1. The van der Waals surface area contributed by atoms with Crippen LogP contribution < -0.4 is 0 Å². The van der Waals surface area contributed by atoms with Crippen LogP contribution in [-0.4, -0.2) is 32.4 Å². The Labute approximate surface area is 480 Å². The lowest BCUT2D eigenvalue weighted by molar-refractivity contribution is 1.09. The van der Waals surface area contributed by atoms with Crippen molar-refractivity contribution in [1.82, 2.24) is 32.4 Å². The maximum absolute atomic E-state index is 5.17. The first-order valence-electron chi connectivity index (χ1n) is 28.8. The molecule has 0 bridgehead atoms. The molecular weight excluding hydrogens is 1020 g/mol. The predicted octanol–water partition coefficient (Wildman–Crippen LogP) is 19.7. The van der Waals surface area contributed by atoms with E-state index >= 15 is 0 Å². The van der Waals surface area contributed by atoms with Gasteiger partial charge < -0.3 is 27.4 Å². The van der Waals surface area contributed by atoms with Crippen LogP contribution in [-0.2, 0) is 0 Å². The molecular formula is C77H47N7. The molecule has 0 saturated carbocycles. The summed E-state index contributed by atoms with van der Waals surface area (Å²) in [5.74, 6) is 0. The van der Waals surface area contributed by atoms with E-state index in [0.29, 0.717) is 0 Å². The van der Waals surface area contributed by atoms with Crippen LogP contribution in [0.4, 0.5) is 0 Å². The fourth-order valence-electron chi connectivity index (χ4n) is 14.6. The predicted molar refractivity (Wildman–Crippen MR) is 350 cm³/mol. The van der Waals surface area contributed by atoms with Crippen LogP contribution in [0.2, 0.25) is 0 Å². The smallest absolute Gasteiger partial charge is 0.0666 e. The Bertz CT molecular complexity index is 5090. The van der Waals surface area contributed by atoms with Crippen molar-refractivity contribution < 1.29 is 0 Å². The first kappa shape index (κ1) is 45.3. The molecule has 7 aromatic heterocycles. The molecule has 0 aliphatic heterocycles. The number of pyridine rings is 1. The molecule has 0 radical (unpaired) electrons. The molecule has 12 aromatic carbocycles. The average Bonchev–Trinajstić information content (AvgIpc) is 4.34. The van der Waals surface area contributed by atoms with E-state index in [1.165, 1.54) is 87.2 Å². The Morgan fingerprint density at radius 3 is 0.548 bits per heavy atom. The molecule has 19 aromatic rings. The Morgan fingerprint density at radius 1 is 0.155 bits per heavy atom. The summed E-state index contributed by atoms with van der Waals surface area (Å²) in [7, 11) is 0. The summed E-state index contributed by atoms with van der Waals surface area (Å²) < 4.78 is 14.5. The second kappa shape index (κ2) is 17.1. The number of rotatable bonds is 6. The summed E-state index contributed by atoms with van der Waals surface area (Å²) in [4.78, 5) is 5.17. The van der Waals surface area contributed by atoms with E-state index in [0.717, 1.165) is 77.7 Å². The maximum Gasteiger partial charge on any atom is 0.0666 e. The minimum Gasteiger partial charge on any atom is -0.309 e. The molecule has 19 rings (SSSR count). The third kappa shape index (κ3) is 6.21. The average molecular weight is 1070 g/mol. The van der Waals surface area contributed by atoms with Gasteiger partial charge in [0.1, 0.15) is 0 Å². The second-order valence-corrected chi connectivity index (χ2v) is 22.4. The Morgan fingerprint density at radius 2 is 0.333 bits per heavy atom. The van der Waals surface area contributed by atoms with Crippen LogP contribution in [0, 0.1) is 0 Å². The van der Waals surface area contributed by atoms with Crippen molar-refractivity contribution in [3.8, 4) is 34.1 Å². The molecule has 0 spiro atoms. The van der Waals surface area contributed by atoms with Crippen LogP contribution in [0.1, 0.15) is 0 Å². The van der Waals surface area contributed by atoms with E-state index in [9.17, 15) is 0 Å². The monoisotopic (exact) mass is 1070 g/mol. The molecule has 7 nitrogen and oxygen atoms in total. The fraction of sp³-hybridized carbons (Fsp3) is 0. The van der Waals surface area contributed by atoms with E-state index < -0.39 is 0 Å². The number of hydrogen-bond acceptors (Lipinski definition) is 1. The molecule has 0 atom stereocenters. The Kier molecular flexibility index (Phi) is 9.21. The van der Waals surface area contributed by atoms with Gasteiger partial charge in [0.05, 0.1) is 90.0 Å². The summed E-state index contributed by atoms with van der Waals surface area (Å²) in [5.41, 5.74) is 20.2. The normalized spacial score (nSPS) is 12.3. The van der Waals surface area contributed by atoms with Crippen molar-refractivity contribution in [2.45, 2.75) is 0 Å². The second-order valence-electron chi connectivity index (χ2n) is 22.4. The zero-order valence-electron chi connectivity index (χ0n) is 45.3. The summed E-state index contributed by atoms with van der Waals surface area (Å²) in [6, 6.07) is 100. The van der Waals surface area contributed by atoms with Crippen molar-refractivity contribution in [3.05, 3.63) is 285 Å². The number of aromatic nitrogens is 7. The van der Waals surface area contributed by atoms with Gasteiger partial charge in [0.25, 0.3) is 0 Å². The van der Waals surface area contributed by atoms with Gasteiger partial charge in [-0.3, -0.25) is 4.98 Å². The van der Waals surface area contributed by atoms with Gasteiger partial charge in [0, 0.05) is 87.4 Å². The number of benzene rings is 12. The van der Waals surface area contributed by atoms with E-state index in [1.54, 1.807) is 0 Å². The number of hydrogen-bond donors (Lipinski definition) is 0. The number of nitrogens with zero attached hydrogens (tertiary/aromatic N) is 7. The summed E-state index contributed by atoms with van der Waals surface area (Å²) in [6.45, 7) is 0. The van der Waals surface area contributed by atoms with Crippen molar-refractivity contribution in [1.29, 1.82) is 0 Å². The highest BCUT2D eigenvalue weighted by molar-refractivity contribution is 6.17. The van der Waals surface area contributed by atoms with Gasteiger partial charge in [-0.05, 0) is 127 Å². The third-order valence-electron chi connectivity index (χ3n) is 18.0. The largest absolute Gasteiger partial charge is 0.309 e. The van der Waals surface area contributed by atoms with Crippen molar-refractivity contribution in [2.75, 3.05) is 0 Å². The summed E-state index contributed by atoms with van der Waals surface area (Å²) in [5, 5.41) is 14.5. The van der Waals surface area contributed by atoms with Gasteiger partial charge in [-0.1, -0.05) is 146 Å². The molecule has 0 fully saturated rings. The van der Waals surface area contributed by atoms with Gasteiger partial charge in [0.15, 0.2) is 0 Å². The highest BCUT2D eigenvalue weighted by Gasteiger charge is 2.23. The van der Waals surface area contributed by atoms with Gasteiger partial charge in [0.2, 0.25) is 0 Å². The zero-order valence-corrected chi connectivity index (χ0v) is 45.3. The van der Waals surface area contributed by atoms with E-state index in [-0.39, 0.29) is 0 Å². The third-order valence-corrected chi connectivity index (χ3v) is 18.0. The van der Waals surface area contributed by atoms with Gasteiger partial charge in [-0.25, -0.2) is 0 Å².